The van der Waals surface area contributed by atoms with Crippen LogP contribution in [0.5, 0.6) is 0 Å². The smallest absolute Gasteiger partial charge is 0.389 e. The van der Waals surface area contributed by atoms with Crippen molar-refractivity contribution in [3.8, 4) is 0 Å². The lowest BCUT2D eigenvalue weighted by Crippen LogP contribution is -2.46. The van der Waals surface area contributed by atoms with E-state index in [0.29, 0.717) is 25.7 Å². The number of hydrogen-bond donors (Lipinski definition) is 2. The predicted molar refractivity (Wildman–Crippen MR) is 55.6 cm³/mol. The number of alkyl halides is 3. The van der Waals surface area contributed by atoms with Crippen LogP contribution in [0.15, 0.2) is 0 Å². The molecule has 0 heterocycles. The second kappa shape index (κ2) is 5.11. The van der Waals surface area contributed by atoms with E-state index < -0.39 is 27.7 Å². The molecule has 0 aromatic heterocycles. The zero-order chi connectivity index (χ0) is 13.2. The van der Waals surface area contributed by atoms with Gasteiger partial charge in [0.05, 0.1) is 5.60 Å². The van der Waals surface area contributed by atoms with Crippen molar-refractivity contribution in [3.63, 3.8) is 0 Å². The van der Waals surface area contributed by atoms with Crippen LogP contribution < -0.4 is 4.72 Å². The average molecular weight is 275 g/mol. The Morgan fingerprint density at radius 1 is 1.12 bits per heavy atom. The predicted octanol–water partition coefficient (Wildman–Crippen LogP) is 1.51. The summed E-state index contributed by atoms with van der Waals surface area (Å²) in [4.78, 5) is 0. The molecule has 0 spiro atoms. The molecule has 17 heavy (non-hydrogen) atoms. The second-order valence-electron chi connectivity index (χ2n) is 4.41. The van der Waals surface area contributed by atoms with Gasteiger partial charge in [0.15, 0.2) is 0 Å². The molecule has 8 heteroatoms. The number of halogens is 3. The van der Waals surface area contributed by atoms with E-state index in [2.05, 4.69) is 0 Å². The highest BCUT2D eigenvalue weighted by Gasteiger charge is 2.46. The SMILES string of the molecule is O=S(=O)(NCC1(O)CCCCCC1)C(F)(F)F. The summed E-state index contributed by atoms with van der Waals surface area (Å²) in [6, 6.07) is 0. The molecule has 0 atom stereocenters. The van der Waals surface area contributed by atoms with Gasteiger partial charge >= 0.3 is 15.5 Å². The first-order chi connectivity index (χ1) is 7.66. The largest absolute Gasteiger partial charge is 0.511 e. The molecule has 0 aromatic rings. The van der Waals surface area contributed by atoms with Crippen molar-refractivity contribution < 1.29 is 26.7 Å². The lowest BCUT2D eigenvalue weighted by atomic mass is 9.95. The van der Waals surface area contributed by atoms with E-state index in [1.54, 1.807) is 0 Å². The number of aliphatic hydroxyl groups is 1. The maximum Gasteiger partial charge on any atom is 0.511 e. The zero-order valence-corrected chi connectivity index (χ0v) is 10.1. The molecule has 0 amide bonds. The van der Waals surface area contributed by atoms with Crippen molar-refractivity contribution in [2.45, 2.75) is 49.6 Å². The van der Waals surface area contributed by atoms with Crippen molar-refractivity contribution in [1.29, 1.82) is 0 Å². The fourth-order valence-corrected chi connectivity index (χ4v) is 2.50. The van der Waals surface area contributed by atoms with Crippen molar-refractivity contribution in [2.24, 2.45) is 0 Å². The Bertz CT molecular complexity index is 345. The summed E-state index contributed by atoms with van der Waals surface area (Å²) in [6.45, 7) is -0.575. The number of nitrogens with one attached hydrogen (secondary N) is 1. The molecule has 1 aliphatic rings. The van der Waals surface area contributed by atoms with Crippen LogP contribution >= 0.6 is 0 Å². The van der Waals surface area contributed by atoms with Gasteiger partial charge in [-0.15, -0.1) is 0 Å². The highest BCUT2D eigenvalue weighted by molar-refractivity contribution is 7.90. The molecule has 4 nitrogen and oxygen atoms in total. The molecule has 0 aromatic carbocycles. The van der Waals surface area contributed by atoms with E-state index in [4.69, 9.17) is 0 Å². The third kappa shape index (κ3) is 4.11. The molecular weight excluding hydrogens is 259 g/mol. The molecule has 1 saturated carbocycles. The summed E-state index contributed by atoms with van der Waals surface area (Å²) in [5.74, 6) is 0. The summed E-state index contributed by atoms with van der Waals surface area (Å²) in [6.07, 6.45) is 3.87. The average Bonchev–Trinajstić information content (AvgIpc) is 2.40. The normalized spacial score (nSPS) is 22.1. The second-order valence-corrected chi connectivity index (χ2v) is 6.17. The van der Waals surface area contributed by atoms with Crippen molar-refractivity contribution in [3.05, 3.63) is 0 Å². The molecule has 2 N–H and O–H groups in total. The lowest BCUT2D eigenvalue weighted by molar-refractivity contribution is -0.0458. The summed E-state index contributed by atoms with van der Waals surface area (Å²) in [7, 11) is -5.36. The van der Waals surface area contributed by atoms with Crippen LogP contribution in [-0.2, 0) is 10.0 Å². The number of rotatable bonds is 3. The highest BCUT2D eigenvalue weighted by Crippen LogP contribution is 2.28. The third-order valence-electron chi connectivity index (χ3n) is 2.93. The quantitative estimate of drug-likeness (QED) is 0.767. The van der Waals surface area contributed by atoms with Crippen molar-refractivity contribution in [1.82, 2.24) is 4.72 Å². The van der Waals surface area contributed by atoms with E-state index >= 15 is 0 Å². The third-order valence-corrected chi connectivity index (χ3v) is 4.06. The van der Waals surface area contributed by atoms with Gasteiger partial charge < -0.3 is 5.11 Å². The number of sulfonamides is 1. The van der Waals surface area contributed by atoms with Crippen LogP contribution in [-0.4, -0.2) is 31.2 Å². The first kappa shape index (κ1) is 14.7. The fourth-order valence-electron chi connectivity index (χ4n) is 1.87. The molecule has 1 aliphatic carbocycles. The van der Waals surface area contributed by atoms with Gasteiger partial charge in [0, 0.05) is 6.54 Å². The Hall–Kier alpha value is -0.340. The Morgan fingerprint density at radius 2 is 1.59 bits per heavy atom. The van der Waals surface area contributed by atoms with Gasteiger partial charge in [0.2, 0.25) is 0 Å². The molecule has 1 fully saturated rings. The molecule has 0 saturated heterocycles. The van der Waals surface area contributed by atoms with Gasteiger partial charge in [-0.25, -0.2) is 13.1 Å². The zero-order valence-electron chi connectivity index (χ0n) is 9.26. The molecule has 0 unspecified atom stereocenters. The van der Waals surface area contributed by atoms with Gasteiger partial charge in [-0.1, -0.05) is 25.7 Å². The number of hydrogen-bond acceptors (Lipinski definition) is 3. The first-order valence-electron chi connectivity index (χ1n) is 5.45. The minimum Gasteiger partial charge on any atom is -0.389 e. The van der Waals surface area contributed by atoms with Crippen molar-refractivity contribution >= 4 is 10.0 Å². The molecule has 0 aliphatic heterocycles. The van der Waals surface area contributed by atoms with E-state index in [9.17, 15) is 26.7 Å². The molecular formula is C9H16F3NO3S. The van der Waals surface area contributed by atoms with Crippen LogP contribution in [0.3, 0.4) is 0 Å². The molecule has 0 bridgehead atoms. The topological polar surface area (TPSA) is 66.4 Å². The Balaban J connectivity index is 2.60. The van der Waals surface area contributed by atoms with E-state index in [0.717, 1.165) is 12.8 Å². The maximum atomic E-state index is 12.1. The first-order valence-corrected chi connectivity index (χ1v) is 6.93. The van der Waals surface area contributed by atoms with Gasteiger partial charge in [-0.3, -0.25) is 0 Å². The van der Waals surface area contributed by atoms with E-state index in [-0.39, 0.29) is 0 Å². The van der Waals surface area contributed by atoms with Gasteiger partial charge in [0.1, 0.15) is 0 Å². The van der Waals surface area contributed by atoms with Crippen LogP contribution in [0, 0.1) is 0 Å². The monoisotopic (exact) mass is 275 g/mol. The molecule has 0 radical (unpaired) electrons. The van der Waals surface area contributed by atoms with E-state index in [1.807, 2.05) is 0 Å². The van der Waals surface area contributed by atoms with Gasteiger partial charge in [-0.05, 0) is 12.8 Å². The van der Waals surface area contributed by atoms with Crippen molar-refractivity contribution in [2.75, 3.05) is 6.54 Å². The maximum absolute atomic E-state index is 12.1. The summed E-state index contributed by atoms with van der Waals surface area (Å²) < 4.78 is 59.2. The highest BCUT2D eigenvalue weighted by atomic mass is 32.2. The minimum atomic E-state index is -5.36. The Labute approximate surface area is 98.3 Å². The van der Waals surface area contributed by atoms with Gasteiger partial charge in [-0.2, -0.15) is 13.2 Å². The Morgan fingerprint density at radius 3 is 2.00 bits per heavy atom. The molecule has 102 valence electrons. The van der Waals surface area contributed by atoms with Crippen LogP contribution in [0.2, 0.25) is 0 Å². The summed E-state index contributed by atoms with van der Waals surface area (Å²) in [5.41, 5.74) is -6.68. The molecule has 1 rings (SSSR count). The van der Waals surface area contributed by atoms with Crippen LogP contribution in [0.1, 0.15) is 38.5 Å². The van der Waals surface area contributed by atoms with Gasteiger partial charge in [0.25, 0.3) is 0 Å². The van der Waals surface area contributed by atoms with Crippen LogP contribution in [0.4, 0.5) is 13.2 Å². The lowest BCUT2D eigenvalue weighted by Gasteiger charge is -2.26. The summed E-state index contributed by atoms with van der Waals surface area (Å²) >= 11 is 0. The minimum absolute atomic E-state index is 0.327. The standard InChI is InChI=1S/C9H16F3NO3S/c10-9(11,12)17(15,16)13-7-8(14)5-3-1-2-4-6-8/h13-14H,1-7H2. The fraction of sp³-hybridized carbons (Fsp3) is 1.00. The summed E-state index contributed by atoms with van der Waals surface area (Å²) in [5, 5.41) is 9.99. The Kier molecular flexibility index (Phi) is 4.43. The van der Waals surface area contributed by atoms with Crippen LogP contribution in [0.25, 0.3) is 0 Å². The van der Waals surface area contributed by atoms with E-state index in [1.165, 1.54) is 4.72 Å².